The third-order valence-electron chi connectivity index (χ3n) is 3.96. The van der Waals surface area contributed by atoms with Gasteiger partial charge in [-0.3, -0.25) is 4.98 Å². The SMILES string of the molecule is N#Cc1ccc(Cl)cc1-c1cc([C@@H](C[C@H](N)CO)c2cncs2)cs1. The molecule has 3 rings (SSSR count). The minimum absolute atomic E-state index is 0.0564. The Labute approximate surface area is 159 Å². The van der Waals surface area contributed by atoms with Gasteiger partial charge in [0.15, 0.2) is 0 Å². The lowest BCUT2D eigenvalue weighted by Crippen LogP contribution is -2.26. The molecule has 0 aliphatic carbocycles. The second-order valence-corrected chi connectivity index (χ2v) is 7.95. The molecule has 2 atom stereocenters. The molecular weight excluding hydrogens is 374 g/mol. The summed E-state index contributed by atoms with van der Waals surface area (Å²) >= 11 is 9.25. The van der Waals surface area contributed by atoms with E-state index >= 15 is 0 Å². The summed E-state index contributed by atoms with van der Waals surface area (Å²) in [4.78, 5) is 6.26. The Bertz CT molecular complexity index is 886. The van der Waals surface area contributed by atoms with Crippen LogP contribution in [0, 0.1) is 11.3 Å². The molecule has 0 saturated carbocycles. The summed E-state index contributed by atoms with van der Waals surface area (Å²) in [5.41, 5.74) is 10.3. The van der Waals surface area contributed by atoms with Crippen LogP contribution in [0.4, 0.5) is 0 Å². The van der Waals surface area contributed by atoms with Gasteiger partial charge in [0.05, 0.1) is 23.8 Å². The van der Waals surface area contributed by atoms with Crippen molar-refractivity contribution >= 4 is 34.3 Å². The minimum Gasteiger partial charge on any atom is -0.395 e. The van der Waals surface area contributed by atoms with Gasteiger partial charge < -0.3 is 10.8 Å². The van der Waals surface area contributed by atoms with Crippen LogP contribution in [0.5, 0.6) is 0 Å². The van der Waals surface area contributed by atoms with Crippen LogP contribution in [0.2, 0.25) is 5.02 Å². The molecule has 0 aliphatic rings. The first-order valence-electron chi connectivity index (χ1n) is 7.65. The zero-order valence-corrected chi connectivity index (χ0v) is 15.6. The van der Waals surface area contributed by atoms with E-state index in [9.17, 15) is 10.4 Å². The lowest BCUT2D eigenvalue weighted by atomic mass is 9.92. The molecule has 2 aromatic heterocycles. The number of thiophene rings is 1. The number of aromatic nitrogens is 1. The van der Waals surface area contributed by atoms with Gasteiger partial charge >= 0.3 is 0 Å². The highest BCUT2D eigenvalue weighted by atomic mass is 35.5. The van der Waals surface area contributed by atoms with Gasteiger partial charge in [-0.05, 0) is 41.6 Å². The van der Waals surface area contributed by atoms with Crippen LogP contribution in [0.25, 0.3) is 10.4 Å². The first-order valence-corrected chi connectivity index (χ1v) is 9.79. The molecule has 3 aromatic rings. The highest BCUT2D eigenvalue weighted by molar-refractivity contribution is 7.13. The maximum absolute atomic E-state index is 9.35. The molecule has 128 valence electrons. The third-order valence-corrected chi connectivity index (χ3v) is 6.06. The van der Waals surface area contributed by atoms with Crippen molar-refractivity contribution in [3.8, 4) is 16.5 Å². The number of aliphatic hydroxyl groups excluding tert-OH is 1. The van der Waals surface area contributed by atoms with E-state index in [1.54, 1.807) is 40.3 Å². The molecule has 0 bridgehead atoms. The second kappa shape index (κ2) is 8.09. The predicted octanol–water partition coefficient (Wildman–Crippen LogP) is 4.24. The predicted molar refractivity (Wildman–Crippen MR) is 103 cm³/mol. The largest absolute Gasteiger partial charge is 0.395 e. The van der Waals surface area contributed by atoms with Crippen LogP contribution in [-0.4, -0.2) is 22.7 Å². The van der Waals surface area contributed by atoms with Crippen molar-refractivity contribution in [2.75, 3.05) is 6.61 Å². The summed E-state index contributed by atoms with van der Waals surface area (Å²) < 4.78 is 0. The van der Waals surface area contributed by atoms with Crippen LogP contribution in [0.3, 0.4) is 0 Å². The Kier molecular flexibility index (Phi) is 5.84. The molecule has 0 radical (unpaired) electrons. The standard InChI is InChI=1S/C18H16ClN3OS2/c19-13-2-1-11(6-20)15(4-13)17-3-12(9-24-17)16(5-14(21)8-23)18-7-22-10-25-18/h1-4,7,9-10,14,16,23H,5,8,21H2/t14-,16+/m0/s1. The molecule has 25 heavy (non-hydrogen) atoms. The van der Waals surface area contributed by atoms with E-state index in [1.165, 1.54) is 0 Å². The number of aliphatic hydroxyl groups is 1. The third kappa shape index (κ3) is 4.09. The minimum atomic E-state index is -0.295. The number of nitrogens with two attached hydrogens (primary N) is 1. The van der Waals surface area contributed by atoms with Gasteiger partial charge in [-0.15, -0.1) is 22.7 Å². The molecule has 3 N–H and O–H groups in total. The number of nitrogens with zero attached hydrogens (tertiary/aromatic N) is 2. The monoisotopic (exact) mass is 389 g/mol. The topological polar surface area (TPSA) is 82.9 Å². The highest BCUT2D eigenvalue weighted by Crippen LogP contribution is 2.38. The van der Waals surface area contributed by atoms with Crippen LogP contribution >= 0.6 is 34.3 Å². The first-order chi connectivity index (χ1) is 12.1. The molecular formula is C18H16ClN3OS2. The van der Waals surface area contributed by atoms with E-state index in [-0.39, 0.29) is 18.6 Å². The highest BCUT2D eigenvalue weighted by Gasteiger charge is 2.21. The van der Waals surface area contributed by atoms with Crippen molar-refractivity contribution in [3.05, 3.63) is 62.4 Å². The maximum Gasteiger partial charge on any atom is 0.0998 e. The summed E-state index contributed by atoms with van der Waals surface area (Å²) in [6.07, 6.45) is 2.48. The Morgan fingerprint density at radius 1 is 1.32 bits per heavy atom. The summed E-state index contributed by atoms with van der Waals surface area (Å²) in [7, 11) is 0. The van der Waals surface area contributed by atoms with Crippen LogP contribution in [0.1, 0.15) is 28.3 Å². The maximum atomic E-state index is 9.35. The van der Waals surface area contributed by atoms with Gasteiger partial charge in [0.2, 0.25) is 0 Å². The Morgan fingerprint density at radius 2 is 2.16 bits per heavy atom. The Hall–Kier alpha value is -1.75. The second-order valence-electron chi connectivity index (χ2n) is 5.68. The quantitative estimate of drug-likeness (QED) is 0.660. The van der Waals surface area contributed by atoms with Crippen molar-refractivity contribution in [2.45, 2.75) is 18.4 Å². The van der Waals surface area contributed by atoms with Gasteiger partial charge in [0.1, 0.15) is 0 Å². The van der Waals surface area contributed by atoms with E-state index < -0.39 is 0 Å². The summed E-state index contributed by atoms with van der Waals surface area (Å²) in [5.74, 6) is 0.0735. The number of thiazole rings is 1. The average Bonchev–Trinajstić information content (AvgIpc) is 3.31. The van der Waals surface area contributed by atoms with Gasteiger partial charge in [-0.25, -0.2) is 0 Å². The van der Waals surface area contributed by atoms with Crippen LogP contribution in [0.15, 0.2) is 41.4 Å². The van der Waals surface area contributed by atoms with Gasteiger partial charge in [-0.2, -0.15) is 5.26 Å². The number of benzene rings is 1. The number of halogens is 1. The van der Waals surface area contributed by atoms with E-state index in [1.807, 2.05) is 12.3 Å². The smallest absolute Gasteiger partial charge is 0.0998 e. The Morgan fingerprint density at radius 3 is 2.84 bits per heavy atom. The van der Waals surface area contributed by atoms with Crippen molar-refractivity contribution in [3.63, 3.8) is 0 Å². The summed E-state index contributed by atoms with van der Waals surface area (Å²) in [5, 5.41) is 21.4. The molecule has 0 aliphatic heterocycles. The van der Waals surface area contributed by atoms with Gasteiger partial charge in [0.25, 0.3) is 0 Å². The average molecular weight is 390 g/mol. The van der Waals surface area contributed by atoms with E-state index in [0.29, 0.717) is 17.0 Å². The normalized spacial score (nSPS) is 13.4. The van der Waals surface area contributed by atoms with Gasteiger partial charge in [0, 0.05) is 38.5 Å². The first kappa shape index (κ1) is 18.1. The van der Waals surface area contributed by atoms with Crippen molar-refractivity contribution in [1.82, 2.24) is 4.98 Å². The zero-order chi connectivity index (χ0) is 17.8. The fourth-order valence-electron chi connectivity index (χ4n) is 2.68. The zero-order valence-electron chi connectivity index (χ0n) is 13.2. The molecule has 0 fully saturated rings. The van der Waals surface area contributed by atoms with Crippen molar-refractivity contribution in [2.24, 2.45) is 5.73 Å². The van der Waals surface area contributed by atoms with Crippen LogP contribution in [-0.2, 0) is 0 Å². The lowest BCUT2D eigenvalue weighted by molar-refractivity contribution is 0.257. The molecule has 7 heteroatoms. The molecule has 2 heterocycles. The molecule has 0 spiro atoms. The van der Waals surface area contributed by atoms with Gasteiger partial charge in [-0.1, -0.05) is 11.6 Å². The summed E-state index contributed by atoms with van der Waals surface area (Å²) in [6, 6.07) is 9.27. The Balaban J connectivity index is 1.98. The summed E-state index contributed by atoms with van der Waals surface area (Å²) in [6.45, 7) is -0.0564. The molecule has 0 amide bonds. The fourth-order valence-corrected chi connectivity index (χ4v) is 4.61. The molecule has 0 unspecified atom stereocenters. The number of nitriles is 1. The molecule has 1 aromatic carbocycles. The fraction of sp³-hybridized carbons (Fsp3) is 0.222. The van der Waals surface area contributed by atoms with Crippen molar-refractivity contribution in [1.29, 1.82) is 5.26 Å². The number of hydrogen-bond acceptors (Lipinski definition) is 6. The van der Waals surface area contributed by atoms with E-state index in [4.69, 9.17) is 17.3 Å². The van der Waals surface area contributed by atoms with E-state index in [0.717, 1.165) is 20.9 Å². The number of hydrogen-bond donors (Lipinski definition) is 2. The van der Waals surface area contributed by atoms with Crippen LogP contribution < -0.4 is 5.73 Å². The molecule has 4 nitrogen and oxygen atoms in total. The lowest BCUT2D eigenvalue weighted by Gasteiger charge is -2.17. The van der Waals surface area contributed by atoms with E-state index in [2.05, 4.69) is 22.5 Å². The van der Waals surface area contributed by atoms with Crippen molar-refractivity contribution < 1.29 is 5.11 Å². The number of rotatable bonds is 6. The molecule has 0 saturated heterocycles.